The monoisotopic (exact) mass is 270 g/mol. The molecule has 3 aromatic rings. The molecule has 0 aliphatic carbocycles. The second-order valence-electron chi connectivity index (χ2n) is 4.05. The SMILES string of the molecule is [O]c1ccc2nccc(Oc3cccc(Cl)c3)c2c1. The van der Waals surface area contributed by atoms with Crippen LogP contribution in [0.5, 0.6) is 17.2 Å². The third-order valence-corrected chi connectivity index (χ3v) is 2.93. The van der Waals surface area contributed by atoms with Crippen LogP contribution >= 0.6 is 11.6 Å². The summed E-state index contributed by atoms with van der Waals surface area (Å²) < 4.78 is 5.76. The van der Waals surface area contributed by atoms with Gasteiger partial charge in [0.05, 0.1) is 5.52 Å². The van der Waals surface area contributed by atoms with Crippen LogP contribution < -0.4 is 4.74 Å². The van der Waals surface area contributed by atoms with E-state index in [4.69, 9.17) is 16.3 Å². The van der Waals surface area contributed by atoms with Gasteiger partial charge in [0.1, 0.15) is 11.5 Å². The summed E-state index contributed by atoms with van der Waals surface area (Å²) in [6, 6.07) is 13.5. The number of benzene rings is 2. The highest BCUT2D eigenvalue weighted by Gasteiger charge is 2.06. The van der Waals surface area contributed by atoms with Gasteiger partial charge in [-0.3, -0.25) is 10.1 Å². The molecular formula is C15H9ClNO2. The largest absolute Gasteiger partial charge is 0.457 e. The van der Waals surface area contributed by atoms with E-state index in [-0.39, 0.29) is 5.75 Å². The number of aromatic nitrogens is 1. The minimum atomic E-state index is -0.0727. The molecule has 0 aliphatic heterocycles. The summed E-state index contributed by atoms with van der Waals surface area (Å²) in [5.74, 6) is 1.14. The van der Waals surface area contributed by atoms with Gasteiger partial charge in [-0.2, -0.15) is 0 Å². The van der Waals surface area contributed by atoms with E-state index in [1.165, 1.54) is 12.1 Å². The third-order valence-electron chi connectivity index (χ3n) is 2.70. The standard InChI is InChI=1S/C15H9ClNO2/c16-10-2-1-3-12(8-10)19-15-6-7-17-14-5-4-11(18)9-13(14)15/h1-9H. The molecular weight excluding hydrogens is 262 g/mol. The molecule has 3 nitrogen and oxygen atoms in total. The van der Waals surface area contributed by atoms with Crippen molar-refractivity contribution in [1.82, 2.24) is 4.98 Å². The summed E-state index contributed by atoms with van der Waals surface area (Å²) in [5.41, 5.74) is 0.721. The molecule has 0 saturated heterocycles. The molecule has 1 heterocycles. The molecule has 3 rings (SSSR count). The van der Waals surface area contributed by atoms with Crippen molar-refractivity contribution in [3.8, 4) is 17.2 Å². The molecule has 2 aromatic carbocycles. The highest BCUT2D eigenvalue weighted by Crippen LogP contribution is 2.31. The Kier molecular flexibility index (Phi) is 2.97. The lowest BCUT2D eigenvalue weighted by atomic mass is 10.2. The average molecular weight is 271 g/mol. The van der Waals surface area contributed by atoms with Crippen LogP contribution in [-0.2, 0) is 5.11 Å². The summed E-state index contributed by atoms with van der Waals surface area (Å²) in [6.45, 7) is 0. The first-order valence-electron chi connectivity index (χ1n) is 5.71. The highest BCUT2D eigenvalue weighted by atomic mass is 35.5. The fourth-order valence-electron chi connectivity index (χ4n) is 1.85. The Balaban J connectivity index is 2.07. The van der Waals surface area contributed by atoms with Crippen LogP contribution in [0.2, 0.25) is 5.02 Å². The molecule has 4 heteroatoms. The minimum absolute atomic E-state index is 0.0727. The van der Waals surface area contributed by atoms with Crippen LogP contribution in [0, 0.1) is 0 Å². The third kappa shape index (κ3) is 2.46. The Labute approximate surface area is 115 Å². The molecule has 0 spiro atoms. The Morgan fingerprint density at radius 1 is 1.05 bits per heavy atom. The van der Waals surface area contributed by atoms with Gasteiger partial charge < -0.3 is 4.74 Å². The molecule has 0 fully saturated rings. The molecule has 0 unspecified atom stereocenters. The van der Waals surface area contributed by atoms with Crippen LogP contribution in [0.3, 0.4) is 0 Å². The number of rotatable bonds is 2. The lowest BCUT2D eigenvalue weighted by Crippen LogP contribution is -1.87. The Hall–Kier alpha value is -2.26. The second-order valence-corrected chi connectivity index (χ2v) is 4.48. The van der Waals surface area contributed by atoms with E-state index in [0.717, 1.165) is 5.52 Å². The predicted octanol–water partition coefficient (Wildman–Crippen LogP) is 4.82. The normalized spacial score (nSPS) is 10.6. The molecule has 0 saturated carbocycles. The minimum Gasteiger partial charge on any atom is -0.457 e. The van der Waals surface area contributed by atoms with E-state index in [0.29, 0.717) is 21.9 Å². The number of halogens is 1. The maximum absolute atomic E-state index is 11.4. The van der Waals surface area contributed by atoms with Crippen molar-refractivity contribution < 1.29 is 9.84 Å². The van der Waals surface area contributed by atoms with Crippen LogP contribution in [0.25, 0.3) is 10.9 Å². The zero-order valence-electron chi connectivity index (χ0n) is 9.84. The smallest absolute Gasteiger partial charge is 0.179 e. The van der Waals surface area contributed by atoms with E-state index in [2.05, 4.69) is 4.98 Å². The van der Waals surface area contributed by atoms with Crippen molar-refractivity contribution >= 4 is 22.5 Å². The van der Waals surface area contributed by atoms with E-state index < -0.39 is 0 Å². The Morgan fingerprint density at radius 2 is 1.95 bits per heavy atom. The number of pyridine rings is 1. The maximum atomic E-state index is 11.4. The lowest BCUT2D eigenvalue weighted by molar-refractivity contribution is 0.355. The van der Waals surface area contributed by atoms with Gasteiger partial charge in [-0.05, 0) is 42.5 Å². The van der Waals surface area contributed by atoms with Gasteiger partial charge in [0.15, 0.2) is 5.75 Å². The van der Waals surface area contributed by atoms with Gasteiger partial charge in [0, 0.05) is 16.6 Å². The maximum Gasteiger partial charge on any atom is 0.179 e. The number of hydrogen-bond donors (Lipinski definition) is 0. The van der Waals surface area contributed by atoms with E-state index in [1.807, 2.05) is 0 Å². The number of ether oxygens (including phenoxy) is 1. The molecule has 0 aliphatic rings. The van der Waals surface area contributed by atoms with Gasteiger partial charge in [0.2, 0.25) is 0 Å². The molecule has 93 valence electrons. The van der Waals surface area contributed by atoms with Crippen molar-refractivity contribution in [3.63, 3.8) is 0 Å². The van der Waals surface area contributed by atoms with Crippen molar-refractivity contribution in [1.29, 1.82) is 0 Å². The number of fused-ring (bicyclic) bond motifs is 1. The van der Waals surface area contributed by atoms with Crippen molar-refractivity contribution in [2.45, 2.75) is 0 Å². The summed E-state index contributed by atoms with van der Waals surface area (Å²) in [5, 5.41) is 12.7. The molecule has 19 heavy (non-hydrogen) atoms. The van der Waals surface area contributed by atoms with Crippen LogP contribution in [0.4, 0.5) is 0 Å². The molecule has 0 amide bonds. The molecule has 0 N–H and O–H groups in total. The quantitative estimate of drug-likeness (QED) is 0.669. The van der Waals surface area contributed by atoms with Gasteiger partial charge in [0.25, 0.3) is 0 Å². The van der Waals surface area contributed by atoms with E-state index in [1.54, 1.807) is 42.6 Å². The zero-order valence-corrected chi connectivity index (χ0v) is 10.6. The first kappa shape index (κ1) is 11.8. The van der Waals surface area contributed by atoms with E-state index in [9.17, 15) is 5.11 Å². The Bertz CT molecular complexity index is 743. The zero-order chi connectivity index (χ0) is 13.2. The number of hydrogen-bond acceptors (Lipinski definition) is 2. The van der Waals surface area contributed by atoms with Gasteiger partial charge in [-0.25, -0.2) is 0 Å². The van der Waals surface area contributed by atoms with Crippen molar-refractivity contribution in [2.75, 3.05) is 0 Å². The first-order chi connectivity index (χ1) is 9.22. The topological polar surface area (TPSA) is 42.0 Å². The fraction of sp³-hybridized carbons (Fsp3) is 0. The highest BCUT2D eigenvalue weighted by molar-refractivity contribution is 6.30. The lowest BCUT2D eigenvalue weighted by Gasteiger charge is -2.08. The predicted molar refractivity (Wildman–Crippen MR) is 73.4 cm³/mol. The van der Waals surface area contributed by atoms with Crippen LogP contribution in [0.15, 0.2) is 54.7 Å². The van der Waals surface area contributed by atoms with Crippen LogP contribution in [0.1, 0.15) is 0 Å². The molecule has 1 aromatic heterocycles. The summed E-state index contributed by atoms with van der Waals surface area (Å²) in [6.07, 6.45) is 1.65. The van der Waals surface area contributed by atoms with Gasteiger partial charge >= 0.3 is 0 Å². The van der Waals surface area contributed by atoms with Gasteiger partial charge in [-0.1, -0.05) is 17.7 Å². The van der Waals surface area contributed by atoms with Crippen LogP contribution in [-0.4, -0.2) is 4.98 Å². The molecule has 0 atom stereocenters. The van der Waals surface area contributed by atoms with Crippen molar-refractivity contribution in [3.05, 3.63) is 59.8 Å². The van der Waals surface area contributed by atoms with E-state index >= 15 is 0 Å². The Morgan fingerprint density at radius 3 is 2.79 bits per heavy atom. The first-order valence-corrected chi connectivity index (χ1v) is 6.09. The summed E-state index contributed by atoms with van der Waals surface area (Å²) in [4.78, 5) is 4.20. The fourth-order valence-corrected chi connectivity index (χ4v) is 2.03. The summed E-state index contributed by atoms with van der Waals surface area (Å²) >= 11 is 5.91. The van der Waals surface area contributed by atoms with Crippen molar-refractivity contribution in [2.24, 2.45) is 0 Å². The second kappa shape index (κ2) is 4.78. The number of nitrogens with zero attached hydrogens (tertiary/aromatic N) is 1. The molecule has 0 bridgehead atoms. The van der Waals surface area contributed by atoms with Gasteiger partial charge in [-0.15, -0.1) is 0 Å². The molecule has 1 radical (unpaired) electrons. The summed E-state index contributed by atoms with van der Waals surface area (Å²) in [7, 11) is 0. The average Bonchev–Trinajstić information content (AvgIpc) is 2.39.